The minimum atomic E-state index is -0.192. The van der Waals surface area contributed by atoms with Crippen molar-refractivity contribution in [2.75, 3.05) is 6.61 Å². The van der Waals surface area contributed by atoms with Gasteiger partial charge in [-0.05, 0) is 19.8 Å². The minimum Gasteiger partial charge on any atom is -0.395 e. The molecule has 1 aliphatic carbocycles. The largest absolute Gasteiger partial charge is 0.395 e. The van der Waals surface area contributed by atoms with Crippen LogP contribution in [-0.2, 0) is 5.41 Å². The van der Waals surface area contributed by atoms with Crippen LogP contribution in [0, 0.1) is 6.92 Å². The molecule has 2 nitrogen and oxygen atoms in total. The summed E-state index contributed by atoms with van der Waals surface area (Å²) in [4.78, 5) is 6.19. The first-order valence-electron chi connectivity index (χ1n) is 6.63. The Labute approximate surface area is 108 Å². The molecule has 1 saturated carbocycles. The summed E-state index contributed by atoms with van der Waals surface area (Å²) >= 11 is 1.77. The molecule has 0 aliphatic heterocycles. The summed E-state index contributed by atoms with van der Waals surface area (Å²) in [6.45, 7) is 6.48. The van der Waals surface area contributed by atoms with Crippen molar-refractivity contribution in [3.8, 4) is 0 Å². The lowest BCUT2D eigenvalue weighted by molar-refractivity contribution is 0.218. The van der Waals surface area contributed by atoms with E-state index in [1.54, 1.807) is 11.3 Å². The van der Waals surface area contributed by atoms with Crippen molar-refractivity contribution in [2.24, 2.45) is 0 Å². The topological polar surface area (TPSA) is 33.1 Å². The number of hydrogen-bond acceptors (Lipinski definition) is 3. The third kappa shape index (κ3) is 2.71. The number of nitrogens with zero attached hydrogens (tertiary/aromatic N) is 1. The fraction of sp³-hybridized carbons (Fsp3) is 0.786. The standard InChI is InChI=1S/C14H23NOS/c1-10-12(11-7-5-4-6-8-11)15-13(17-10)14(2,3)9-16/h11,16H,4-9H2,1-3H3. The van der Waals surface area contributed by atoms with Crippen molar-refractivity contribution >= 4 is 11.3 Å². The van der Waals surface area contributed by atoms with Crippen LogP contribution in [-0.4, -0.2) is 16.7 Å². The van der Waals surface area contributed by atoms with Crippen LogP contribution in [0.4, 0.5) is 0 Å². The highest BCUT2D eigenvalue weighted by Gasteiger charge is 2.27. The molecular weight excluding hydrogens is 230 g/mol. The van der Waals surface area contributed by atoms with E-state index in [2.05, 4.69) is 20.8 Å². The van der Waals surface area contributed by atoms with E-state index in [0.29, 0.717) is 5.92 Å². The number of aliphatic hydroxyl groups excluding tert-OH is 1. The second-order valence-electron chi connectivity index (χ2n) is 5.84. The molecule has 17 heavy (non-hydrogen) atoms. The predicted octanol–water partition coefficient (Wildman–Crippen LogP) is 3.77. The molecule has 1 heterocycles. The number of aryl methyl sites for hydroxylation is 1. The highest BCUT2D eigenvalue weighted by atomic mass is 32.1. The van der Waals surface area contributed by atoms with Gasteiger partial charge in [-0.15, -0.1) is 11.3 Å². The van der Waals surface area contributed by atoms with Gasteiger partial charge in [0.05, 0.1) is 12.3 Å². The molecule has 1 aromatic heterocycles. The monoisotopic (exact) mass is 253 g/mol. The van der Waals surface area contributed by atoms with Crippen LogP contribution in [0.15, 0.2) is 0 Å². The molecule has 0 spiro atoms. The van der Waals surface area contributed by atoms with E-state index in [1.165, 1.54) is 42.7 Å². The van der Waals surface area contributed by atoms with Gasteiger partial charge in [-0.25, -0.2) is 4.98 Å². The Morgan fingerprint density at radius 3 is 2.53 bits per heavy atom. The van der Waals surface area contributed by atoms with Crippen LogP contribution in [0.1, 0.15) is 67.4 Å². The highest BCUT2D eigenvalue weighted by molar-refractivity contribution is 7.11. The average Bonchev–Trinajstić information content (AvgIpc) is 2.73. The van der Waals surface area contributed by atoms with Crippen LogP contribution < -0.4 is 0 Å². The molecule has 0 radical (unpaired) electrons. The zero-order valence-electron chi connectivity index (χ0n) is 11.1. The lowest BCUT2D eigenvalue weighted by atomic mass is 9.86. The van der Waals surface area contributed by atoms with E-state index < -0.39 is 0 Å². The van der Waals surface area contributed by atoms with Gasteiger partial charge in [0.25, 0.3) is 0 Å². The summed E-state index contributed by atoms with van der Waals surface area (Å²) in [7, 11) is 0. The summed E-state index contributed by atoms with van der Waals surface area (Å²) in [6, 6.07) is 0. The predicted molar refractivity (Wildman–Crippen MR) is 72.8 cm³/mol. The Balaban J connectivity index is 2.24. The van der Waals surface area contributed by atoms with Crippen molar-refractivity contribution in [1.82, 2.24) is 4.98 Å². The first-order chi connectivity index (χ1) is 8.04. The Kier molecular flexibility index (Phi) is 3.88. The number of thiazole rings is 1. The van der Waals surface area contributed by atoms with Gasteiger partial charge in [0, 0.05) is 16.2 Å². The molecule has 1 aromatic rings. The molecule has 2 rings (SSSR count). The summed E-state index contributed by atoms with van der Waals surface area (Å²) in [5, 5.41) is 10.5. The third-order valence-electron chi connectivity index (χ3n) is 3.80. The number of aromatic nitrogens is 1. The molecule has 1 fully saturated rings. The van der Waals surface area contributed by atoms with Crippen LogP contribution in [0.5, 0.6) is 0 Å². The van der Waals surface area contributed by atoms with Crippen LogP contribution >= 0.6 is 11.3 Å². The lowest BCUT2D eigenvalue weighted by Gasteiger charge is -2.21. The molecule has 0 bridgehead atoms. The molecule has 3 heteroatoms. The molecular formula is C14H23NOS. The maximum Gasteiger partial charge on any atom is 0.101 e. The van der Waals surface area contributed by atoms with E-state index in [0.717, 1.165) is 5.01 Å². The number of hydrogen-bond donors (Lipinski definition) is 1. The first-order valence-corrected chi connectivity index (χ1v) is 7.45. The van der Waals surface area contributed by atoms with Gasteiger partial charge in [-0.2, -0.15) is 0 Å². The SMILES string of the molecule is Cc1sc(C(C)(C)CO)nc1C1CCCCC1. The zero-order chi connectivity index (χ0) is 12.5. The summed E-state index contributed by atoms with van der Waals surface area (Å²) in [6.07, 6.45) is 6.67. The van der Waals surface area contributed by atoms with Gasteiger partial charge < -0.3 is 5.11 Å². The van der Waals surface area contributed by atoms with Crippen molar-refractivity contribution in [1.29, 1.82) is 0 Å². The van der Waals surface area contributed by atoms with Crippen molar-refractivity contribution in [3.05, 3.63) is 15.6 Å². The third-order valence-corrected chi connectivity index (χ3v) is 5.15. The molecule has 0 amide bonds. The van der Waals surface area contributed by atoms with Gasteiger partial charge in [-0.1, -0.05) is 33.1 Å². The highest BCUT2D eigenvalue weighted by Crippen LogP contribution is 2.38. The van der Waals surface area contributed by atoms with Crippen molar-refractivity contribution in [3.63, 3.8) is 0 Å². The van der Waals surface area contributed by atoms with Crippen LogP contribution in [0.25, 0.3) is 0 Å². The number of rotatable bonds is 3. The summed E-state index contributed by atoms with van der Waals surface area (Å²) in [5.74, 6) is 0.670. The summed E-state index contributed by atoms with van der Waals surface area (Å²) < 4.78 is 0. The Morgan fingerprint density at radius 2 is 1.94 bits per heavy atom. The quantitative estimate of drug-likeness (QED) is 0.889. The normalized spacial score (nSPS) is 18.6. The maximum atomic E-state index is 9.42. The van der Waals surface area contributed by atoms with E-state index >= 15 is 0 Å². The minimum absolute atomic E-state index is 0.171. The van der Waals surface area contributed by atoms with Crippen LogP contribution in [0.2, 0.25) is 0 Å². The zero-order valence-corrected chi connectivity index (χ0v) is 11.9. The number of aliphatic hydroxyl groups is 1. The fourth-order valence-electron chi connectivity index (χ4n) is 2.52. The first kappa shape index (κ1) is 13.0. The second-order valence-corrected chi connectivity index (χ2v) is 7.04. The van der Waals surface area contributed by atoms with Crippen molar-refractivity contribution in [2.45, 2.75) is 64.2 Å². The fourth-order valence-corrected chi connectivity index (χ4v) is 3.61. The molecule has 0 saturated heterocycles. The lowest BCUT2D eigenvalue weighted by Crippen LogP contribution is -2.22. The van der Waals surface area contributed by atoms with Gasteiger partial charge in [0.15, 0.2) is 0 Å². The van der Waals surface area contributed by atoms with E-state index in [9.17, 15) is 5.11 Å². The maximum absolute atomic E-state index is 9.42. The Bertz CT molecular complexity index is 378. The molecule has 0 unspecified atom stereocenters. The van der Waals surface area contributed by atoms with E-state index in [4.69, 9.17) is 4.98 Å². The van der Waals surface area contributed by atoms with Crippen LogP contribution in [0.3, 0.4) is 0 Å². The van der Waals surface area contributed by atoms with E-state index in [1.807, 2.05) is 0 Å². The van der Waals surface area contributed by atoms with Crippen molar-refractivity contribution < 1.29 is 5.11 Å². The van der Waals surface area contributed by atoms with Gasteiger partial charge in [0.2, 0.25) is 0 Å². The smallest absolute Gasteiger partial charge is 0.101 e. The average molecular weight is 253 g/mol. The van der Waals surface area contributed by atoms with Gasteiger partial charge >= 0.3 is 0 Å². The molecule has 1 N–H and O–H groups in total. The molecule has 0 aromatic carbocycles. The van der Waals surface area contributed by atoms with Gasteiger partial charge in [0.1, 0.15) is 5.01 Å². The molecule has 96 valence electrons. The van der Waals surface area contributed by atoms with Gasteiger partial charge in [-0.3, -0.25) is 0 Å². The Hall–Kier alpha value is -0.410. The second kappa shape index (κ2) is 5.07. The summed E-state index contributed by atoms with van der Waals surface area (Å²) in [5.41, 5.74) is 1.12. The molecule has 0 atom stereocenters. The Morgan fingerprint density at radius 1 is 1.29 bits per heavy atom. The molecule has 1 aliphatic rings. The van der Waals surface area contributed by atoms with E-state index in [-0.39, 0.29) is 12.0 Å².